The van der Waals surface area contributed by atoms with Crippen LogP contribution in [0.5, 0.6) is 0 Å². The molecule has 9 nitrogen and oxygen atoms in total. The monoisotopic (exact) mass is 518 g/mol. The van der Waals surface area contributed by atoms with Gasteiger partial charge in [0.1, 0.15) is 23.6 Å². The Morgan fingerprint density at radius 2 is 1.78 bits per heavy atom. The Labute approximate surface area is 209 Å². The molecular weight excluding hydrogens is 498 g/mol. The highest BCUT2D eigenvalue weighted by atomic mass is 35.5. The van der Waals surface area contributed by atoms with Crippen molar-refractivity contribution >= 4 is 40.9 Å². The van der Waals surface area contributed by atoms with Crippen LogP contribution in [0, 0.1) is 11.8 Å². The number of carboxylic acid groups (broad SMARTS) is 1. The van der Waals surface area contributed by atoms with Gasteiger partial charge in [0, 0.05) is 35.1 Å². The predicted octanol–water partition coefficient (Wildman–Crippen LogP) is 4.95. The molecule has 12 heteroatoms. The number of aliphatic carboxylic acids is 1. The zero-order valence-electron chi connectivity index (χ0n) is 19.0. The molecule has 1 heterocycles. The lowest BCUT2D eigenvalue weighted by Crippen LogP contribution is -2.18. The number of hydrogen-bond donors (Lipinski definition) is 3. The largest absolute Gasteiger partial charge is 0.481 e. The second-order valence-electron chi connectivity index (χ2n) is 8.29. The maximum Gasteiger partial charge on any atom is 0.412 e. The summed E-state index contributed by atoms with van der Waals surface area (Å²) in [6, 6.07) is 13.1. The number of carboxylic acids is 1. The molecule has 36 heavy (non-hydrogen) atoms. The van der Waals surface area contributed by atoms with Crippen LogP contribution in [0.4, 0.5) is 25.0 Å². The molecule has 3 aromatic rings. The van der Waals surface area contributed by atoms with E-state index >= 15 is 0 Å². The second-order valence-corrected chi connectivity index (χ2v) is 8.70. The lowest BCUT2D eigenvalue weighted by atomic mass is 10.1. The fourth-order valence-corrected chi connectivity index (χ4v) is 4.14. The normalized spacial score (nSPS) is 18.7. The van der Waals surface area contributed by atoms with Crippen molar-refractivity contribution in [1.82, 2.24) is 9.78 Å². The summed E-state index contributed by atoms with van der Waals surface area (Å²) in [7, 11) is 1.66. The molecule has 0 saturated heterocycles. The third kappa shape index (κ3) is 5.01. The molecule has 188 valence electrons. The number of carbonyl (C=O) groups excluding carboxylic acids is 2. The van der Waals surface area contributed by atoms with Crippen molar-refractivity contribution in [3.8, 4) is 11.3 Å². The Hall–Kier alpha value is -3.99. The van der Waals surface area contributed by atoms with Crippen molar-refractivity contribution in [1.29, 1.82) is 0 Å². The zero-order chi connectivity index (χ0) is 26.2. The van der Waals surface area contributed by atoms with E-state index in [-0.39, 0.29) is 5.69 Å². The first-order valence-corrected chi connectivity index (χ1v) is 11.1. The summed E-state index contributed by atoms with van der Waals surface area (Å²) < 4.78 is 34.1. The van der Waals surface area contributed by atoms with Crippen LogP contribution in [0.3, 0.4) is 0 Å². The van der Waals surface area contributed by atoms with Gasteiger partial charge in [0.25, 0.3) is 5.92 Å². The van der Waals surface area contributed by atoms with E-state index in [0.29, 0.717) is 27.5 Å². The molecule has 0 bridgehead atoms. The van der Waals surface area contributed by atoms with Crippen LogP contribution in [-0.4, -0.2) is 38.8 Å². The van der Waals surface area contributed by atoms with E-state index in [9.17, 15) is 23.2 Å². The molecular formula is C24H21ClF2N4O5. The number of rotatable bonds is 7. The van der Waals surface area contributed by atoms with E-state index < -0.39 is 41.8 Å². The average Bonchev–Trinajstić information content (AvgIpc) is 3.22. The molecule has 0 aliphatic heterocycles. The van der Waals surface area contributed by atoms with Gasteiger partial charge in [-0.05, 0) is 25.1 Å². The third-order valence-corrected chi connectivity index (χ3v) is 6.06. The average molecular weight is 519 g/mol. The fourth-order valence-electron chi connectivity index (χ4n) is 3.85. The molecule has 1 saturated carbocycles. The lowest BCUT2D eigenvalue weighted by Gasteiger charge is -2.15. The SMILES string of the molecule is C[C@@H](OC(=O)Nc1cn(C)nc1-c1ccc(NC(=O)[C@@H]2[C@@H](C(=O)O)C2(F)F)cc1)c1ccccc1Cl. The smallest absolute Gasteiger partial charge is 0.412 e. The Bertz CT molecular complexity index is 1330. The summed E-state index contributed by atoms with van der Waals surface area (Å²) in [6.07, 6.45) is 0.244. The van der Waals surface area contributed by atoms with E-state index in [2.05, 4.69) is 15.7 Å². The molecule has 1 aliphatic carbocycles. The minimum Gasteiger partial charge on any atom is -0.481 e. The highest BCUT2D eigenvalue weighted by Crippen LogP contribution is 2.55. The van der Waals surface area contributed by atoms with E-state index in [0.717, 1.165) is 0 Å². The van der Waals surface area contributed by atoms with Crippen LogP contribution in [0.1, 0.15) is 18.6 Å². The number of aryl methyl sites for hydroxylation is 1. The van der Waals surface area contributed by atoms with Crippen LogP contribution in [0.15, 0.2) is 54.7 Å². The van der Waals surface area contributed by atoms with E-state index in [1.54, 1.807) is 56.6 Å². The maximum absolute atomic E-state index is 13.6. The first-order valence-electron chi connectivity index (χ1n) is 10.8. The minimum atomic E-state index is -3.58. The first kappa shape index (κ1) is 25.1. The number of amides is 2. The summed E-state index contributed by atoms with van der Waals surface area (Å²) in [6.45, 7) is 1.69. The van der Waals surface area contributed by atoms with Crippen LogP contribution < -0.4 is 10.6 Å². The molecule has 1 fully saturated rings. The minimum absolute atomic E-state index is 0.203. The topological polar surface area (TPSA) is 123 Å². The van der Waals surface area contributed by atoms with Crippen LogP contribution in [0.25, 0.3) is 11.3 Å². The van der Waals surface area contributed by atoms with E-state index in [4.69, 9.17) is 21.4 Å². The molecule has 1 aromatic heterocycles. The molecule has 0 radical (unpaired) electrons. The number of hydrogen-bond acceptors (Lipinski definition) is 5. The van der Waals surface area contributed by atoms with Crippen molar-refractivity contribution in [2.24, 2.45) is 18.9 Å². The summed E-state index contributed by atoms with van der Waals surface area (Å²) in [5.74, 6) is -10.3. The highest BCUT2D eigenvalue weighted by molar-refractivity contribution is 6.31. The number of carbonyl (C=O) groups is 3. The molecule has 0 unspecified atom stereocenters. The number of nitrogens with one attached hydrogen (secondary N) is 2. The van der Waals surface area contributed by atoms with Crippen LogP contribution in [0.2, 0.25) is 5.02 Å². The fraction of sp³-hybridized carbons (Fsp3) is 0.250. The number of ether oxygens (including phenoxy) is 1. The third-order valence-electron chi connectivity index (χ3n) is 5.72. The second kappa shape index (κ2) is 9.57. The number of halogens is 3. The van der Waals surface area contributed by atoms with Crippen molar-refractivity contribution in [2.45, 2.75) is 19.0 Å². The molecule has 2 amide bonds. The van der Waals surface area contributed by atoms with Crippen molar-refractivity contribution in [2.75, 3.05) is 10.6 Å². The molecule has 2 aromatic carbocycles. The van der Waals surface area contributed by atoms with Gasteiger partial charge in [0.05, 0.1) is 5.69 Å². The Morgan fingerprint density at radius 3 is 2.39 bits per heavy atom. The Balaban J connectivity index is 1.43. The van der Waals surface area contributed by atoms with E-state index in [1.165, 1.54) is 16.8 Å². The van der Waals surface area contributed by atoms with E-state index in [1.807, 2.05) is 0 Å². The quantitative estimate of drug-likeness (QED) is 0.406. The summed E-state index contributed by atoms with van der Waals surface area (Å²) in [5, 5.41) is 18.6. The predicted molar refractivity (Wildman–Crippen MR) is 127 cm³/mol. The van der Waals surface area contributed by atoms with Gasteiger partial charge >= 0.3 is 12.1 Å². The zero-order valence-corrected chi connectivity index (χ0v) is 19.8. The standard InChI is InChI=1S/C24H21ClF2N4O5/c1-12(15-5-3-4-6-16(15)25)36-23(35)29-17-11-31(2)30-20(17)13-7-9-14(10-8-13)28-21(32)18-19(22(33)34)24(18,26)27/h3-12,18-19H,1-2H3,(H,28,32)(H,29,35)(H,33,34)/t12-,18+,19+/m1/s1. The van der Waals surface area contributed by atoms with Crippen molar-refractivity contribution in [3.63, 3.8) is 0 Å². The molecule has 3 atom stereocenters. The number of aromatic nitrogens is 2. The van der Waals surface area contributed by atoms with Gasteiger partial charge < -0.3 is 15.2 Å². The number of alkyl halides is 2. The number of anilines is 2. The highest BCUT2D eigenvalue weighted by Gasteiger charge is 2.75. The summed E-state index contributed by atoms with van der Waals surface area (Å²) >= 11 is 6.16. The molecule has 0 spiro atoms. The molecule has 4 rings (SSSR count). The van der Waals surface area contributed by atoms with Gasteiger partial charge in [-0.25, -0.2) is 13.6 Å². The maximum atomic E-state index is 13.6. The van der Waals surface area contributed by atoms with Gasteiger partial charge in [-0.2, -0.15) is 5.10 Å². The first-order chi connectivity index (χ1) is 17.0. The van der Waals surface area contributed by atoms with Gasteiger partial charge in [-0.3, -0.25) is 19.6 Å². The van der Waals surface area contributed by atoms with Crippen molar-refractivity contribution < 1.29 is 33.0 Å². The van der Waals surface area contributed by atoms with Crippen LogP contribution in [-0.2, 0) is 21.4 Å². The summed E-state index contributed by atoms with van der Waals surface area (Å²) in [5.41, 5.74) is 2.17. The van der Waals surface area contributed by atoms with Gasteiger partial charge in [0.2, 0.25) is 5.91 Å². The lowest BCUT2D eigenvalue weighted by molar-refractivity contribution is -0.141. The number of benzene rings is 2. The molecule has 1 aliphatic rings. The van der Waals surface area contributed by atoms with Gasteiger partial charge in [0.15, 0.2) is 0 Å². The van der Waals surface area contributed by atoms with Gasteiger partial charge in [-0.1, -0.05) is 41.9 Å². The van der Waals surface area contributed by atoms with Crippen molar-refractivity contribution in [3.05, 3.63) is 65.3 Å². The summed E-state index contributed by atoms with van der Waals surface area (Å²) in [4.78, 5) is 35.5. The number of nitrogens with zero attached hydrogens (tertiary/aromatic N) is 2. The Morgan fingerprint density at radius 1 is 1.11 bits per heavy atom. The van der Waals surface area contributed by atoms with Gasteiger partial charge in [-0.15, -0.1) is 0 Å². The van der Waals surface area contributed by atoms with Crippen LogP contribution >= 0.6 is 11.6 Å². The molecule has 3 N–H and O–H groups in total. The Kier molecular flexibility index (Phi) is 6.68.